The number of aryl methyl sites for hydroxylation is 1. The number of carbonyl (C=O) groups excluding carboxylic acids is 1. The van der Waals surface area contributed by atoms with E-state index in [0.717, 1.165) is 6.26 Å². The number of rotatable bonds is 7. The van der Waals surface area contributed by atoms with Gasteiger partial charge in [0.1, 0.15) is 17.2 Å². The predicted molar refractivity (Wildman–Crippen MR) is 129 cm³/mol. The van der Waals surface area contributed by atoms with Gasteiger partial charge in [0, 0.05) is 37.2 Å². The Bertz CT molecular complexity index is 1330. The summed E-state index contributed by atoms with van der Waals surface area (Å²) in [4.78, 5) is 12.8. The van der Waals surface area contributed by atoms with E-state index in [2.05, 4.69) is 5.32 Å². The summed E-state index contributed by atoms with van der Waals surface area (Å²) in [5.74, 6) is -0.684. The molecule has 2 heterocycles. The lowest BCUT2D eigenvalue weighted by Crippen LogP contribution is -2.35. The number of sulfonamides is 1. The highest BCUT2D eigenvalue weighted by Gasteiger charge is 2.33. The van der Waals surface area contributed by atoms with Crippen LogP contribution in [0.2, 0.25) is 6.32 Å². The number of halogens is 1. The number of amides is 1. The Morgan fingerprint density at radius 3 is 2.56 bits per heavy atom. The van der Waals surface area contributed by atoms with E-state index in [9.17, 15) is 22.6 Å². The number of fused-ring (bicyclic) bond motifs is 1. The molecule has 1 amide bonds. The third-order valence-electron chi connectivity index (χ3n) is 5.98. The normalized spacial score (nSPS) is 16.3. The molecule has 11 heteroatoms. The number of hydrogen-bond donors (Lipinski definition) is 2. The van der Waals surface area contributed by atoms with E-state index in [1.165, 1.54) is 35.6 Å². The first-order valence-corrected chi connectivity index (χ1v) is 12.8. The molecule has 1 atom stereocenters. The highest BCUT2D eigenvalue weighted by atomic mass is 32.2. The van der Waals surface area contributed by atoms with Gasteiger partial charge in [-0.05, 0) is 54.6 Å². The van der Waals surface area contributed by atoms with E-state index < -0.39 is 23.0 Å². The van der Waals surface area contributed by atoms with E-state index in [0.29, 0.717) is 46.1 Å². The van der Waals surface area contributed by atoms with E-state index in [1.807, 2.05) is 6.92 Å². The van der Waals surface area contributed by atoms with Crippen LogP contribution in [0.5, 0.6) is 0 Å². The second kappa shape index (κ2) is 9.40. The molecular weight excluding hydrogens is 462 g/mol. The molecule has 8 nitrogen and oxygen atoms in total. The standard InChI is InChI=1S/C23H26BFN2O6S/c1-4-15-9-18-20(10-19(15)27(34(3,30)31)12-14-11-24(29)32-13-14)33-22(21(18)23(28)26-2)16-5-7-17(25)8-6-16/h5-10,14,29H,4,11-13H2,1-3H3,(H,26,28). The second-order valence-electron chi connectivity index (χ2n) is 8.41. The van der Waals surface area contributed by atoms with Gasteiger partial charge in [-0.15, -0.1) is 0 Å². The van der Waals surface area contributed by atoms with Gasteiger partial charge in [-0.1, -0.05) is 6.92 Å². The first-order chi connectivity index (χ1) is 16.1. The van der Waals surface area contributed by atoms with Gasteiger partial charge in [0.15, 0.2) is 0 Å². The zero-order valence-electron chi connectivity index (χ0n) is 19.2. The number of carbonyl (C=O) groups is 1. The van der Waals surface area contributed by atoms with Crippen LogP contribution in [0.15, 0.2) is 40.8 Å². The van der Waals surface area contributed by atoms with Crippen molar-refractivity contribution < 1.29 is 31.7 Å². The molecule has 1 aliphatic rings. The molecule has 2 N–H and O–H groups in total. The van der Waals surface area contributed by atoms with Crippen LogP contribution in [-0.4, -0.2) is 52.9 Å². The summed E-state index contributed by atoms with van der Waals surface area (Å²) in [6, 6.07) is 9.00. The minimum Gasteiger partial charge on any atom is -0.455 e. The molecule has 1 aliphatic heterocycles. The SMILES string of the molecule is CCc1cc2c(C(=O)NC)c(-c3ccc(F)cc3)oc2cc1N(CC1COB(O)C1)S(C)(=O)=O. The average Bonchev–Trinajstić information content (AvgIpc) is 3.38. The number of anilines is 1. The van der Waals surface area contributed by atoms with Gasteiger partial charge >= 0.3 is 7.12 Å². The maximum atomic E-state index is 13.5. The second-order valence-corrected chi connectivity index (χ2v) is 10.3. The lowest BCUT2D eigenvalue weighted by Gasteiger charge is -2.27. The molecule has 180 valence electrons. The van der Waals surface area contributed by atoms with Crippen molar-refractivity contribution in [3.05, 3.63) is 53.3 Å². The molecule has 0 saturated carbocycles. The number of furan rings is 1. The molecule has 1 aromatic heterocycles. The largest absolute Gasteiger partial charge is 0.455 e. The fraction of sp³-hybridized carbons (Fsp3) is 0.348. The lowest BCUT2D eigenvalue weighted by atomic mass is 9.82. The molecule has 4 rings (SSSR count). The fourth-order valence-corrected chi connectivity index (χ4v) is 5.30. The van der Waals surface area contributed by atoms with Gasteiger partial charge in [0.05, 0.1) is 17.5 Å². The van der Waals surface area contributed by atoms with Gasteiger partial charge in [0.2, 0.25) is 10.0 Å². The Morgan fingerprint density at radius 1 is 1.29 bits per heavy atom. The summed E-state index contributed by atoms with van der Waals surface area (Å²) < 4.78 is 51.6. The van der Waals surface area contributed by atoms with Crippen molar-refractivity contribution >= 4 is 39.7 Å². The summed E-state index contributed by atoms with van der Waals surface area (Å²) in [5, 5.41) is 12.8. The number of benzene rings is 2. The van der Waals surface area contributed by atoms with Gasteiger partial charge in [0.25, 0.3) is 5.91 Å². The van der Waals surface area contributed by atoms with Crippen LogP contribution >= 0.6 is 0 Å². The van der Waals surface area contributed by atoms with Gasteiger partial charge < -0.3 is 19.4 Å². The fourth-order valence-electron chi connectivity index (χ4n) is 4.29. The Kier molecular flexibility index (Phi) is 6.70. The third-order valence-corrected chi connectivity index (χ3v) is 7.13. The first-order valence-electron chi connectivity index (χ1n) is 11.0. The molecule has 0 spiro atoms. The topological polar surface area (TPSA) is 109 Å². The van der Waals surface area contributed by atoms with Crippen LogP contribution < -0.4 is 9.62 Å². The van der Waals surface area contributed by atoms with Crippen LogP contribution in [0.25, 0.3) is 22.3 Å². The van der Waals surface area contributed by atoms with Crippen LogP contribution in [-0.2, 0) is 21.1 Å². The van der Waals surface area contributed by atoms with Crippen molar-refractivity contribution in [2.45, 2.75) is 19.7 Å². The van der Waals surface area contributed by atoms with E-state index >= 15 is 0 Å². The van der Waals surface area contributed by atoms with E-state index in [4.69, 9.17) is 9.07 Å². The lowest BCUT2D eigenvalue weighted by molar-refractivity contribution is 0.0964. The zero-order chi connectivity index (χ0) is 24.6. The Balaban J connectivity index is 1.89. The van der Waals surface area contributed by atoms with Crippen molar-refractivity contribution in [2.24, 2.45) is 5.92 Å². The zero-order valence-corrected chi connectivity index (χ0v) is 20.0. The third kappa shape index (κ3) is 4.68. The number of nitrogens with zero attached hydrogens (tertiary/aromatic N) is 1. The van der Waals surface area contributed by atoms with E-state index in [-0.39, 0.29) is 30.7 Å². The van der Waals surface area contributed by atoms with Crippen LogP contribution in [0.4, 0.5) is 10.1 Å². The first kappa shape index (κ1) is 24.2. The summed E-state index contributed by atoms with van der Waals surface area (Å²) >= 11 is 0. The molecule has 0 aliphatic carbocycles. The summed E-state index contributed by atoms with van der Waals surface area (Å²) in [6.07, 6.45) is 1.97. The van der Waals surface area contributed by atoms with Crippen LogP contribution in [0.3, 0.4) is 0 Å². The predicted octanol–water partition coefficient (Wildman–Crippen LogP) is 3.05. The maximum Gasteiger partial charge on any atom is 0.454 e. The summed E-state index contributed by atoms with van der Waals surface area (Å²) in [7, 11) is -3.07. The molecule has 2 aromatic carbocycles. The highest BCUT2D eigenvalue weighted by molar-refractivity contribution is 7.92. The molecule has 34 heavy (non-hydrogen) atoms. The van der Waals surface area contributed by atoms with Gasteiger partial charge in [-0.3, -0.25) is 9.10 Å². The molecule has 1 fully saturated rings. The quantitative estimate of drug-likeness (QED) is 0.495. The van der Waals surface area contributed by atoms with Gasteiger partial charge in [-0.2, -0.15) is 0 Å². The number of nitrogens with one attached hydrogen (secondary N) is 1. The molecule has 0 radical (unpaired) electrons. The minimum atomic E-state index is -3.67. The highest BCUT2D eigenvalue weighted by Crippen LogP contribution is 2.38. The van der Waals surface area contributed by atoms with Crippen molar-refractivity contribution in [1.82, 2.24) is 5.32 Å². The summed E-state index contributed by atoms with van der Waals surface area (Å²) in [5.41, 5.74) is 2.31. The van der Waals surface area contributed by atoms with Gasteiger partial charge in [-0.25, -0.2) is 12.8 Å². The van der Waals surface area contributed by atoms with Crippen molar-refractivity contribution in [3.8, 4) is 11.3 Å². The van der Waals surface area contributed by atoms with Crippen molar-refractivity contribution in [3.63, 3.8) is 0 Å². The molecule has 1 saturated heterocycles. The molecule has 1 unspecified atom stereocenters. The van der Waals surface area contributed by atoms with Crippen LogP contribution in [0.1, 0.15) is 22.8 Å². The maximum absolute atomic E-state index is 13.5. The Morgan fingerprint density at radius 2 is 2.00 bits per heavy atom. The molecular formula is C23H26BFN2O6S. The monoisotopic (exact) mass is 488 g/mol. The molecule has 0 bridgehead atoms. The smallest absolute Gasteiger partial charge is 0.454 e. The van der Waals surface area contributed by atoms with Crippen LogP contribution in [0, 0.1) is 11.7 Å². The molecule has 3 aromatic rings. The summed E-state index contributed by atoms with van der Waals surface area (Å²) in [6.45, 7) is 2.30. The van der Waals surface area contributed by atoms with E-state index in [1.54, 1.807) is 12.1 Å². The van der Waals surface area contributed by atoms with Crippen molar-refractivity contribution in [2.75, 3.05) is 30.8 Å². The Hall–Kier alpha value is -2.89. The minimum absolute atomic E-state index is 0.141. The van der Waals surface area contributed by atoms with Crippen molar-refractivity contribution in [1.29, 1.82) is 0 Å². The average molecular weight is 488 g/mol. The Labute approximate surface area is 197 Å². The number of hydrogen-bond acceptors (Lipinski definition) is 6.